The number of rotatable bonds is 6. The molecule has 4 aromatic rings. The van der Waals surface area contributed by atoms with Gasteiger partial charge in [-0.25, -0.2) is 9.97 Å². The van der Waals surface area contributed by atoms with Crippen molar-refractivity contribution in [3.63, 3.8) is 0 Å². The van der Waals surface area contributed by atoms with Crippen LogP contribution in [0, 0.1) is 0 Å². The summed E-state index contributed by atoms with van der Waals surface area (Å²) in [5.41, 5.74) is 3.11. The molecule has 2 saturated heterocycles. The van der Waals surface area contributed by atoms with Crippen LogP contribution in [-0.4, -0.2) is 76.1 Å². The van der Waals surface area contributed by atoms with Gasteiger partial charge in [-0.1, -0.05) is 6.07 Å². The molecule has 0 bridgehead atoms. The molecular weight excluding hydrogens is 496 g/mol. The molecule has 5 heterocycles. The molecule has 2 aliphatic heterocycles. The largest absolute Gasteiger partial charge is 0.368 e. The number of nitrogens with zero attached hydrogens (tertiary/aromatic N) is 6. The second-order valence-electron chi connectivity index (χ2n) is 9.79. The van der Waals surface area contributed by atoms with Crippen LogP contribution in [0.3, 0.4) is 0 Å². The molecule has 194 valence electrons. The fraction of sp³-hybridized carbons (Fsp3) is 0.310. The van der Waals surface area contributed by atoms with Crippen molar-refractivity contribution in [1.82, 2.24) is 24.3 Å². The van der Waals surface area contributed by atoms with E-state index in [-0.39, 0.29) is 11.5 Å². The highest BCUT2D eigenvalue weighted by Gasteiger charge is 2.30. The smallest absolute Gasteiger partial charge is 0.255 e. The lowest BCUT2D eigenvalue weighted by Gasteiger charge is -2.36. The Morgan fingerprint density at radius 1 is 0.921 bits per heavy atom. The zero-order chi connectivity index (χ0) is 25.9. The third-order valence-electron chi connectivity index (χ3n) is 7.45. The summed E-state index contributed by atoms with van der Waals surface area (Å²) in [5, 5.41) is 2.06. The Labute approximate surface area is 225 Å². The van der Waals surface area contributed by atoms with E-state index < -0.39 is 0 Å². The van der Waals surface area contributed by atoms with E-state index >= 15 is 0 Å². The highest BCUT2D eigenvalue weighted by atomic mass is 32.1. The van der Waals surface area contributed by atoms with Crippen molar-refractivity contribution in [3.8, 4) is 17.1 Å². The maximum atomic E-state index is 13.1. The zero-order valence-corrected chi connectivity index (χ0v) is 22.0. The Balaban J connectivity index is 1.02. The van der Waals surface area contributed by atoms with Crippen molar-refractivity contribution < 1.29 is 4.79 Å². The lowest BCUT2D eigenvalue weighted by Crippen LogP contribution is -2.51. The number of carbonyl (C=O) groups excluding carboxylic acids is 1. The summed E-state index contributed by atoms with van der Waals surface area (Å²) in [4.78, 5) is 41.9. The minimum atomic E-state index is -0.0162. The molecule has 0 spiro atoms. The molecule has 1 aromatic carbocycles. The summed E-state index contributed by atoms with van der Waals surface area (Å²) >= 11 is 1.70. The molecule has 0 radical (unpaired) electrons. The van der Waals surface area contributed by atoms with Crippen LogP contribution in [0.4, 0.5) is 5.69 Å². The number of hydrogen-bond donors (Lipinski definition) is 0. The standard InChI is InChI=1S/C29H30N6O2S/c36-26-4-1-2-13-35(26)25-10-19-38-28(25)23-9-14-32(20-23)21-27(37)34-17-15-33(16-18-34)24-7-5-22(6-8-24)29-30-11-3-12-31-29/h1-8,10-13,19,23H,9,14-18,20-21H2/t23-/m0/s1. The monoisotopic (exact) mass is 526 g/mol. The number of anilines is 1. The molecule has 1 amide bonds. The number of hydrogen-bond acceptors (Lipinski definition) is 7. The third kappa shape index (κ3) is 5.12. The van der Waals surface area contributed by atoms with Crippen LogP contribution >= 0.6 is 11.3 Å². The molecule has 38 heavy (non-hydrogen) atoms. The van der Waals surface area contributed by atoms with Gasteiger partial charge in [0.25, 0.3) is 5.56 Å². The highest BCUT2D eigenvalue weighted by molar-refractivity contribution is 7.10. The van der Waals surface area contributed by atoms with Crippen LogP contribution in [0.2, 0.25) is 0 Å². The van der Waals surface area contributed by atoms with Crippen LogP contribution in [0.1, 0.15) is 17.2 Å². The summed E-state index contributed by atoms with van der Waals surface area (Å²) in [6, 6.07) is 17.4. The number of pyridine rings is 1. The van der Waals surface area contributed by atoms with Gasteiger partial charge >= 0.3 is 0 Å². The van der Waals surface area contributed by atoms with Crippen LogP contribution < -0.4 is 10.5 Å². The number of carbonyl (C=O) groups is 1. The summed E-state index contributed by atoms with van der Waals surface area (Å²) in [7, 11) is 0. The van der Waals surface area contributed by atoms with Crippen LogP contribution in [0.5, 0.6) is 0 Å². The van der Waals surface area contributed by atoms with Crippen LogP contribution in [0.15, 0.2) is 83.4 Å². The predicted octanol–water partition coefficient (Wildman–Crippen LogP) is 3.49. The Bertz CT molecular complexity index is 1440. The molecule has 0 aliphatic carbocycles. The molecule has 0 N–H and O–H groups in total. The third-order valence-corrected chi connectivity index (χ3v) is 8.51. The first-order valence-electron chi connectivity index (χ1n) is 13.0. The van der Waals surface area contributed by atoms with Crippen LogP contribution in [0.25, 0.3) is 17.1 Å². The van der Waals surface area contributed by atoms with E-state index in [2.05, 4.69) is 49.4 Å². The van der Waals surface area contributed by atoms with Gasteiger partial charge in [-0.2, -0.15) is 0 Å². The van der Waals surface area contributed by atoms with Gasteiger partial charge < -0.3 is 9.80 Å². The SMILES string of the molecule is O=C(CN1CC[C@H](c2sccc2-n2ccccc2=O)C1)N1CCN(c2ccc(-c3ncccn3)cc2)CC1. The number of likely N-dealkylation sites (tertiary alicyclic amines) is 1. The van der Waals surface area contributed by atoms with E-state index in [0.29, 0.717) is 12.5 Å². The number of benzene rings is 1. The van der Waals surface area contributed by atoms with Crippen molar-refractivity contribution in [2.45, 2.75) is 12.3 Å². The second kappa shape index (κ2) is 10.9. The van der Waals surface area contributed by atoms with E-state index in [9.17, 15) is 9.59 Å². The maximum Gasteiger partial charge on any atom is 0.255 e. The van der Waals surface area contributed by atoms with Gasteiger partial charge in [-0.05, 0) is 60.8 Å². The van der Waals surface area contributed by atoms with Crippen LogP contribution in [-0.2, 0) is 4.79 Å². The topological polar surface area (TPSA) is 74.6 Å². The number of amides is 1. The van der Waals surface area contributed by atoms with E-state index in [1.807, 2.05) is 29.3 Å². The Hall–Kier alpha value is -3.82. The van der Waals surface area contributed by atoms with Crippen molar-refractivity contribution >= 4 is 22.9 Å². The normalized spacial score (nSPS) is 18.2. The molecule has 0 saturated carbocycles. The number of aromatic nitrogens is 3. The Morgan fingerprint density at radius 2 is 1.71 bits per heavy atom. The fourth-order valence-electron chi connectivity index (χ4n) is 5.41. The molecule has 6 rings (SSSR count). The average molecular weight is 527 g/mol. The zero-order valence-electron chi connectivity index (χ0n) is 21.1. The highest BCUT2D eigenvalue weighted by Crippen LogP contribution is 2.35. The number of thiophene rings is 1. The van der Waals surface area contributed by atoms with Crippen molar-refractivity contribution in [3.05, 3.63) is 93.8 Å². The first kappa shape index (κ1) is 24.5. The second-order valence-corrected chi connectivity index (χ2v) is 10.7. The van der Waals surface area contributed by atoms with Crippen molar-refractivity contribution in [2.24, 2.45) is 0 Å². The minimum Gasteiger partial charge on any atom is -0.368 e. The first-order valence-corrected chi connectivity index (χ1v) is 13.9. The van der Waals surface area contributed by atoms with E-state index in [1.54, 1.807) is 40.4 Å². The minimum absolute atomic E-state index is 0.0162. The van der Waals surface area contributed by atoms with Gasteiger partial charge in [0.15, 0.2) is 5.82 Å². The molecule has 2 fully saturated rings. The van der Waals surface area contributed by atoms with Crippen molar-refractivity contribution in [1.29, 1.82) is 0 Å². The van der Waals surface area contributed by atoms with Gasteiger partial charge in [-0.3, -0.25) is 19.1 Å². The van der Waals surface area contributed by atoms with E-state index in [0.717, 1.165) is 68.5 Å². The summed E-state index contributed by atoms with van der Waals surface area (Å²) in [5.74, 6) is 1.27. The van der Waals surface area contributed by atoms with E-state index in [4.69, 9.17) is 0 Å². The van der Waals surface area contributed by atoms with Crippen molar-refractivity contribution in [2.75, 3.05) is 50.7 Å². The quantitative estimate of drug-likeness (QED) is 0.383. The lowest BCUT2D eigenvalue weighted by atomic mass is 10.1. The Kier molecular flexibility index (Phi) is 7.02. The Morgan fingerprint density at radius 3 is 2.47 bits per heavy atom. The molecule has 3 aromatic heterocycles. The molecule has 8 nitrogen and oxygen atoms in total. The van der Waals surface area contributed by atoms with Gasteiger partial charge in [0.1, 0.15) is 0 Å². The maximum absolute atomic E-state index is 13.1. The summed E-state index contributed by atoms with van der Waals surface area (Å²) < 4.78 is 1.72. The van der Waals surface area contributed by atoms with Gasteiger partial charge in [0.05, 0.1) is 12.2 Å². The molecule has 1 atom stereocenters. The summed E-state index contributed by atoms with van der Waals surface area (Å²) in [6.45, 7) is 5.29. The van der Waals surface area contributed by atoms with Gasteiger partial charge in [0, 0.05) is 79.4 Å². The number of piperazine rings is 1. The first-order chi connectivity index (χ1) is 18.7. The van der Waals surface area contributed by atoms with E-state index in [1.165, 1.54) is 4.88 Å². The summed E-state index contributed by atoms with van der Waals surface area (Å²) in [6.07, 6.45) is 6.33. The lowest BCUT2D eigenvalue weighted by molar-refractivity contribution is -0.132. The predicted molar refractivity (Wildman–Crippen MR) is 150 cm³/mol. The average Bonchev–Trinajstić information content (AvgIpc) is 3.64. The fourth-order valence-corrected chi connectivity index (χ4v) is 6.43. The molecule has 2 aliphatic rings. The molecule has 9 heteroatoms. The van der Waals surface area contributed by atoms with Gasteiger partial charge in [0.2, 0.25) is 5.91 Å². The molecular formula is C29H30N6O2S. The molecule has 0 unspecified atom stereocenters. The van der Waals surface area contributed by atoms with Gasteiger partial charge in [-0.15, -0.1) is 11.3 Å².